The number of nitrogens with one attached hydrogen (secondary N) is 2. The molecule has 27 heavy (non-hydrogen) atoms. The number of benzene rings is 1. The maximum absolute atomic E-state index is 9.20. The topological polar surface area (TPSA) is 75.1 Å². The molecule has 0 saturated carbocycles. The van der Waals surface area contributed by atoms with Crippen LogP contribution in [-0.2, 0) is 4.74 Å². The third kappa shape index (κ3) is 12.1. The van der Waals surface area contributed by atoms with Gasteiger partial charge in [-0.2, -0.15) is 0 Å². The fourth-order valence-corrected chi connectivity index (χ4v) is 2.64. The van der Waals surface area contributed by atoms with Gasteiger partial charge in [-0.15, -0.1) is 24.0 Å². The second kappa shape index (κ2) is 17.1. The second-order valence-electron chi connectivity index (χ2n) is 6.23. The van der Waals surface area contributed by atoms with Gasteiger partial charge in [-0.3, -0.25) is 4.99 Å². The molecule has 0 heterocycles. The number of hydrogen-bond acceptors (Lipinski definition) is 4. The molecule has 0 aromatic heterocycles. The summed E-state index contributed by atoms with van der Waals surface area (Å²) in [5.74, 6) is 1.99. The number of methoxy groups -OCH3 is 1. The zero-order valence-electron chi connectivity index (χ0n) is 16.9. The van der Waals surface area contributed by atoms with Crippen molar-refractivity contribution in [2.24, 2.45) is 10.9 Å². The minimum absolute atomic E-state index is 0. The highest BCUT2D eigenvalue weighted by Gasteiger charge is 2.08. The predicted molar refractivity (Wildman–Crippen MR) is 124 cm³/mol. The van der Waals surface area contributed by atoms with Crippen molar-refractivity contribution in [3.63, 3.8) is 0 Å². The Labute approximate surface area is 181 Å². The van der Waals surface area contributed by atoms with Crippen molar-refractivity contribution >= 4 is 35.6 Å². The van der Waals surface area contributed by atoms with Crippen molar-refractivity contribution in [1.29, 1.82) is 0 Å². The van der Waals surface area contributed by atoms with Crippen LogP contribution in [-0.4, -0.2) is 51.1 Å². The van der Waals surface area contributed by atoms with E-state index < -0.39 is 0 Å². The summed E-state index contributed by atoms with van der Waals surface area (Å²) in [6, 6.07) is 7.87. The molecule has 0 aliphatic heterocycles. The number of rotatable bonds is 13. The molecule has 1 unspecified atom stereocenters. The third-order valence-electron chi connectivity index (χ3n) is 3.94. The number of aliphatic imine (C=N–C) groups is 1. The van der Waals surface area contributed by atoms with Crippen LogP contribution in [0.4, 0.5) is 5.69 Å². The summed E-state index contributed by atoms with van der Waals surface area (Å²) in [6.07, 6.45) is 3.84. The zero-order chi connectivity index (χ0) is 19.0. The predicted octanol–water partition coefficient (Wildman–Crippen LogP) is 3.90. The van der Waals surface area contributed by atoms with Gasteiger partial charge in [0.25, 0.3) is 0 Å². The van der Waals surface area contributed by atoms with Crippen LogP contribution in [0.15, 0.2) is 29.3 Å². The smallest absolute Gasteiger partial charge is 0.195 e. The molecular weight excluding hydrogens is 457 g/mol. The largest absolute Gasteiger partial charge is 0.493 e. The fourth-order valence-electron chi connectivity index (χ4n) is 2.64. The van der Waals surface area contributed by atoms with Gasteiger partial charge in [0, 0.05) is 51.6 Å². The summed E-state index contributed by atoms with van der Waals surface area (Å²) in [7, 11) is 1.69. The summed E-state index contributed by atoms with van der Waals surface area (Å²) in [4.78, 5) is 4.69. The van der Waals surface area contributed by atoms with Gasteiger partial charge in [-0.1, -0.05) is 19.4 Å². The molecule has 1 aromatic rings. The van der Waals surface area contributed by atoms with Crippen molar-refractivity contribution in [2.75, 3.05) is 45.3 Å². The molecule has 0 amide bonds. The number of halogens is 1. The number of aliphatic hydroxyl groups is 1. The van der Waals surface area contributed by atoms with Crippen LogP contribution in [0.1, 0.15) is 39.5 Å². The highest BCUT2D eigenvalue weighted by atomic mass is 127. The van der Waals surface area contributed by atoms with E-state index in [1.54, 1.807) is 7.11 Å². The van der Waals surface area contributed by atoms with Gasteiger partial charge in [0.05, 0.1) is 6.61 Å². The van der Waals surface area contributed by atoms with Crippen LogP contribution in [0.2, 0.25) is 0 Å². The van der Waals surface area contributed by atoms with Crippen molar-refractivity contribution in [3.05, 3.63) is 24.3 Å². The minimum atomic E-state index is 0. The van der Waals surface area contributed by atoms with Gasteiger partial charge in [-0.05, 0) is 37.8 Å². The van der Waals surface area contributed by atoms with Gasteiger partial charge < -0.3 is 25.2 Å². The Morgan fingerprint density at radius 1 is 1.22 bits per heavy atom. The summed E-state index contributed by atoms with van der Waals surface area (Å²) in [5.41, 5.74) is 0.933. The summed E-state index contributed by atoms with van der Waals surface area (Å²) in [5, 5.41) is 15.8. The van der Waals surface area contributed by atoms with Crippen molar-refractivity contribution < 1.29 is 14.6 Å². The van der Waals surface area contributed by atoms with Crippen LogP contribution in [0.5, 0.6) is 5.75 Å². The summed E-state index contributed by atoms with van der Waals surface area (Å²) >= 11 is 0. The SMILES string of the molecule is CCCC(CCO)CN=C(NCC)Nc1cccc(OCCCOC)c1.I. The van der Waals surface area contributed by atoms with Gasteiger partial charge in [0.15, 0.2) is 5.96 Å². The van der Waals surface area contributed by atoms with Gasteiger partial charge in [-0.25, -0.2) is 0 Å². The first-order chi connectivity index (χ1) is 12.7. The van der Waals surface area contributed by atoms with Crippen LogP contribution < -0.4 is 15.4 Å². The average Bonchev–Trinajstić information content (AvgIpc) is 2.64. The number of nitrogens with zero attached hydrogens (tertiary/aromatic N) is 1. The van der Waals surface area contributed by atoms with Gasteiger partial charge in [0.1, 0.15) is 5.75 Å². The monoisotopic (exact) mass is 493 g/mol. The Morgan fingerprint density at radius 2 is 2.04 bits per heavy atom. The first-order valence-corrected chi connectivity index (χ1v) is 9.61. The van der Waals surface area contributed by atoms with Crippen molar-refractivity contribution in [2.45, 2.75) is 39.5 Å². The van der Waals surface area contributed by atoms with Gasteiger partial charge in [0.2, 0.25) is 0 Å². The normalized spacial score (nSPS) is 12.2. The Bertz CT molecular complexity index is 509. The van der Waals surface area contributed by atoms with Crippen LogP contribution in [0.3, 0.4) is 0 Å². The van der Waals surface area contributed by atoms with E-state index in [9.17, 15) is 5.11 Å². The fraction of sp³-hybridized carbons (Fsp3) is 0.650. The molecule has 6 nitrogen and oxygen atoms in total. The molecule has 0 spiro atoms. The molecule has 3 N–H and O–H groups in total. The Morgan fingerprint density at radius 3 is 2.70 bits per heavy atom. The lowest BCUT2D eigenvalue weighted by molar-refractivity contribution is 0.172. The van der Waals surface area contributed by atoms with E-state index >= 15 is 0 Å². The van der Waals surface area contributed by atoms with Gasteiger partial charge >= 0.3 is 0 Å². The van der Waals surface area contributed by atoms with Crippen LogP contribution in [0.25, 0.3) is 0 Å². The van der Waals surface area contributed by atoms with E-state index in [1.807, 2.05) is 31.2 Å². The van der Waals surface area contributed by atoms with E-state index in [0.29, 0.717) is 25.7 Å². The molecule has 0 bridgehead atoms. The standard InChI is InChI=1S/C20H35N3O3.HI/c1-4-8-17(11-12-24)16-22-20(21-5-2)23-18-9-6-10-19(15-18)26-14-7-13-25-3;/h6,9-10,15,17,24H,4-5,7-8,11-14,16H2,1-3H3,(H2,21,22,23);1H. The van der Waals surface area contributed by atoms with E-state index in [2.05, 4.69) is 22.5 Å². The number of guanidine groups is 1. The van der Waals surface area contributed by atoms with E-state index in [1.165, 1.54) is 0 Å². The Kier molecular flexibility index (Phi) is 16.4. The summed E-state index contributed by atoms with van der Waals surface area (Å²) in [6.45, 7) is 7.24. The van der Waals surface area contributed by atoms with Crippen LogP contribution >= 0.6 is 24.0 Å². The molecule has 0 aliphatic carbocycles. The van der Waals surface area contributed by atoms with Crippen molar-refractivity contribution in [1.82, 2.24) is 5.32 Å². The second-order valence-corrected chi connectivity index (χ2v) is 6.23. The van der Waals surface area contributed by atoms with E-state index in [4.69, 9.17) is 9.47 Å². The quantitative estimate of drug-likeness (QED) is 0.168. The highest BCUT2D eigenvalue weighted by Crippen LogP contribution is 2.18. The lowest BCUT2D eigenvalue weighted by Gasteiger charge is -2.16. The first-order valence-electron chi connectivity index (χ1n) is 9.61. The first kappa shape index (κ1) is 25.9. The van der Waals surface area contributed by atoms with E-state index in [0.717, 1.165) is 49.6 Å². The lowest BCUT2D eigenvalue weighted by Crippen LogP contribution is -2.31. The Balaban J connectivity index is 0.00000676. The third-order valence-corrected chi connectivity index (χ3v) is 3.94. The van der Waals surface area contributed by atoms with E-state index in [-0.39, 0.29) is 30.6 Å². The molecule has 1 rings (SSSR count). The average molecular weight is 493 g/mol. The molecule has 156 valence electrons. The number of anilines is 1. The minimum Gasteiger partial charge on any atom is -0.493 e. The maximum Gasteiger partial charge on any atom is 0.195 e. The highest BCUT2D eigenvalue weighted by molar-refractivity contribution is 14.0. The number of aliphatic hydroxyl groups excluding tert-OH is 1. The maximum atomic E-state index is 9.20. The zero-order valence-corrected chi connectivity index (χ0v) is 19.2. The van der Waals surface area contributed by atoms with Crippen molar-refractivity contribution in [3.8, 4) is 5.75 Å². The molecule has 1 aromatic carbocycles. The molecule has 0 aliphatic rings. The molecular formula is C20H36IN3O3. The molecule has 0 saturated heterocycles. The molecule has 0 fully saturated rings. The molecule has 1 atom stereocenters. The molecule has 7 heteroatoms. The molecule has 0 radical (unpaired) electrons. The lowest BCUT2D eigenvalue weighted by atomic mass is 10.0. The summed E-state index contributed by atoms with van der Waals surface area (Å²) < 4.78 is 10.8. The number of hydrogen-bond donors (Lipinski definition) is 3. The number of ether oxygens (including phenoxy) is 2. The Hall–Kier alpha value is -1.06. The van der Waals surface area contributed by atoms with Crippen LogP contribution in [0, 0.1) is 5.92 Å².